The molecule has 2 heterocycles. The van der Waals surface area contributed by atoms with Gasteiger partial charge in [0.05, 0.1) is 5.92 Å². The Morgan fingerprint density at radius 3 is 2.91 bits per heavy atom. The molecule has 1 aliphatic heterocycles. The third-order valence-corrected chi connectivity index (χ3v) is 4.28. The van der Waals surface area contributed by atoms with E-state index in [1.165, 1.54) is 0 Å². The third kappa shape index (κ3) is 4.06. The summed E-state index contributed by atoms with van der Waals surface area (Å²) in [5.41, 5.74) is 0.870. The summed E-state index contributed by atoms with van der Waals surface area (Å²) < 4.78 is 0. The van der Waals surface area contributed by atoms with Crippen molar-refractivity contribution in [3.63, 3.8) is 0 Å². The highest BCUT2D eigenvalue weighted by Crippen LogP contribution is 2.20. The van der Waals surface area contributed by atoms with Gasteiger partial charge in [-0.3, -0.25) is 9.59 Å². The molecular weight excluding hydrogens is 278 g/mol. The average Bonchev–Trinajstić information content (AvgIpc) is 2.53. The fraction of sp³-hybridized carbons (Fsp3) is 0.588. The summed E-state index contributed by atoms with van der Waals surface area (Å²) in [5, 5.41) is 2.87. The number of nitrogens with zero attached hydrogens (tertiary/aromatic N) is 2. The van der Waals surface area contributed by atoms with Crippen LogP contribution < -0.4 is 5.32 Å². The van der Waals surface area contributed by atoms with Gasteiger partial charge in [-0.1, -0.05) is 19.9 Å². The highest BCUT2D eigenvalue weighted by atomic mass is 16.2. The van der Waals surface area contributed by atoms with Crippen LogP contribution in [0.4, 0.5) is 5.82 Å². The Morgan fingerprint density at radius 1 is 1.45 bits per heavy atom. The maximum Gasteiger partial charge on any atom is 0.230 e. The first-order chi connectivity index (χ1) is 10.5. The summed E-state index contributed by atoms with van der Waals surface area (Å²) in [6, 6.07) is 5.55. The summed E-state index contributed by atoms with van der Waals surface area (Å²) in [7, 11) is 0. The van der Waals surface area contributed by atoms with Crippen molar-refractivity contribution in [2.75, 3.05) is 18.4 Å². The second-order valence-electron chi connectivity index (χ2n) is 6.09. The van der Waals surface area contributed by atoms with Gasteiger partial charge in [0.1, 0.15) is 5.82 Å². The number of aromatic nitrogens is 1. The van der Waals surface area contributed by atoms with Gasteiger partial charge in [-0.05, 0) is 38.3 Å². The molecule has 2 unspecified atom stereocenters. The normalized spacial score (nSPS) is 19.6. The predicted octanol–water partition coefficient (Wildman–Crippen LogP) is 2.61. The van der Waals surface area contributed by atoms with Crippen molar-refractivity contribution in [3.8, 4) is 0 Å². The van der Waals surface area contributed by atoms with E-state index in [1.807, 2.05) is 37.8 Å². The number of pyridine rings is 1. The van der Waals surface area contributed by atoms with Crippen molar-refractivity contribution in [2.45, 2.75) is 40.0 Å². The van der Waals surface area contributed by atoms with Gasteiger partial charge in [0, 0.05) is 24.7 Å². The van der Waals surface area contributed by atoms with Crippen molar-refractivity contribution in [1.29, 1.82) is 0 Å². The SMILES string of the molecule is CCC(C)C(=O)N1CCCC(C(=O)Nc2cccc(C)n2)C1. The zero-order valence-electron chi connectivity index (χ0n) is 13.6. The van der Waals surface area contributed by atoms with Crippen molar-refractivity contribution < 1.29 is 9.59 Å². The molecule has 1 fully saturated rings. The van der Waals surface area contributed by atoms with Gasteiger partial charge in [-0.15, -0.1) is 0 Å². The van der Waals surface area contributed by atoms with Crippen molar-refractivity contribution in [2.24, 2.45) is 11.8 Å². The van der Waals surface area contributed by atoms with Gasteiger partial charge in [0.25, 0.3) is 0 Å². The first-order valence-electron chi connectivity index (χ1n) is 8.04. The molecule has 22 heavy (non-hydrogen) atoms. The molecule has 2 amide bonds. The van der Waals surface area contributed by atoms with Crippen LogP contribution >= 0.6 is 0 Å². The zero-order valence-corrected chi connectivity index (χ0v) is 13.6. The molecule has 120 valence electrons. The standard InChI is InChI=1S/C17H25N3O2/c1-4-12(2)17(22)20-10-6-8-14(11-20)16(21)19-15-9-5-7-13(3)18-15/h5,7,9,12,14H,4,6,8,10-11H2,1-3H3,(H,18,19,21). The maximum atomic E-state index is 12.4. The Morgan fingerprint density at radius 2 is 2.23 bits per heavy atom. The Bertz CT molecular complexity index is 544. The number of aryl methyl sites for hydroxylation is 1. The minimum atomic E-state index is -0.149. The fourth-order valence-corrected chi connectivity index (χ4v) is 2.72. The van der Waals surface area contributed by atoms with Crippen LogP contribution in [0.25, 0.3) is 0 Å². The smallest absolute Gasteiger partial charge is 0.230 e. The molecule has 0 saturated carbocycles. The van der Waals surface area contributed by atoms with Crippen LogP contribution in [0.3, 0.4) is 0 Å². The average molecular weight is 303 g/mol. The molecule has 1 N–H and O–H groups in total. The van der Waals surface area contributed by atoms with Crippen LogP contribution in [0, 0.1) is 18.8 Å². The van der Waals surface area contributed by atoms with E-state index in [2.05, 4.69) is 10.3 Å². The van der Waals surface area contributed by atoms with Crippen LogP contribution in [-0.4, -0.2) is 34.8 Å². The first-order valence-corrected chi connectivity index (χ1v) is 8.04. The predicted molar refractivity (Wildman–Crippen MR) is 86.4 cm³/mol. The Hall–Kier alpha value is -1.91. The van der Waals surface area contributed by atoms with Crippen LogP contribution in [0.2, 0.25) is 0 Å². The van der Waals surface area contributed by atoms with Gasteiger partial charge in [-0.2, -0.15) is 0 Å². The number of amides is 2. The van der Waals surface area contributed by atoms with Gasteiger partial charge in [0.2, 0.25) is 11.8 Å². The number of nitrogens with one attached hydrogen (secondary N) is 1. The summed E-state index contributed by atoms with van der Waals surface area (Å²) >= 11 is 0. The van der Waals surface area contributed by atoms with Gasteiger partial charge in [-0.25, -0.2) is 4.98 Å². The highest BCUT2D eigenvalue weighted by Gasteiger charge is 2.30. The topological polar surface area (TPSA) is 62.3 Å². The largest absolute Gasteiger partial charge is 0.342 e. The van der Waals surface area contributed by atoms with E-state index in [9.17, 15) is 9.59 Å². The molecule has 0 bridgehead atoms. The molecule has 2 atom stereocenters. The molecule has 0 spiro atoms. The number of piperidine rings is 1. The van der Waals surface area contributed by atoms with E-state index in [-0.39, 0.29) is 23.7 Å². The molecule has 5 heteroatoms. The number of anilines is 1. The lowest BCUT2D eigenvalue weighted by Crippen LogP contribution is -2.45. The van der Waals surface area contributed by atoms with E-state index < -0.39 is 0 Å². The molecule has 1 saturated heterocycles. The Labute approximate surface area is 132 Å². The van der Waals surface area contributed by atoms with Crippen LogP contribution in [0.5, 0.6) is 0 Å². The number of hydrogen-bond donors (Lipinski definition) is 1. The number of carbonyl (C=O) groups excluding carboxylic acids is 2. The second-order valence-corrected chi connectivity index (χ2v) is 6.09. The molecule has 5 nitrogen and oxygen atoms in total. The maximum absolute atomic E-state index is 12.4. The summed E-state index contributed by atoms with van der Waals surface area (Å²) in [6.07, 6.45) is 2.53. The third-order valence-electron chi connectivity index (χ3n) is 4.28. The van der Waals surface area contributed by atoms with Crippen molar-refractivity contribution >= 4 is 17.6 Å². The van der Waals surface area contributed by atoms with Gasteiger partial charge < -0.3 is 10.2 Å². The number of hydrogen-bond acceptors (Lipinski definition) is 3. The molecule has 2 rings (SSSR count). The fourth-order valence-electron chi connectivity index (χ4n) is 2.72. The quantitative estimate of drug-likeness (QED) is 0.930. The zero-order chi connectivity index (χ0) is 16.1. The van der Waals surface area contributed by atoms with E-state index in [4.69, 9.17) is 0 Å². The molecular formula is C17H25N3O2. The summed E-state index contributed by atoms with van der Waals surface area (Å²) in [5.74, 6) is 0.577. The lowest BCUT2D eigenvalue weighted by Gasteiger charge is -2.33. The summed E-state index contributed by atoms with van der Waals surface area (Å²) in [6.45, 7) is 7.13. The number of carbonyl (C=O) groups is 2. The number of rotatable bonds is 4. The number of likely N-dealkylation sites (tertiary alicyclic amines) is 1. The minimum Gasteiger partial charge on any atom is -0.342 e. The molecule has 1 aromatic heterocycles. The first kappa shape index (κ1) is 16.5. The van der Waals surface area contributed by atoms with E-state index >= 15 is 0 Å². The molecule has 1 aromatic rings. The van der Waals surface area contributed by atoms with E-state index in [0.29, 0.717) is 12.4 Å². The second kappa shape index (κ2) is 7.38. The van der Waals surface area contributed by atoms with E-state index in [0.717, 1.165) is 31.5 Å². The van der Waals surface area contributed by atoms with Crippen LogP contribution in [0.15, 0.2) is 18.2 Å². The molecule has 0 aromatic carbocycles. The van der Waals surface area contributed by atoms with E-state index in [1.54, 1.807) is 6.07 Å². The lowest BCUT2D eigenvalue weighted by molar-refractivity contribution is -0.138. The van der Waals surface area contributed by atoms with Gasteiger partial charge >= 0.3 is 0 Å². The lowest BCUT2D eigenvalue weighted by atomic mass is 9.95. The minimum absolute atomic E-state index is 0.0280. The molecule has 1 aliphatic rings. The van der Waals surface area contributed by atoms with Crippen molar-refractivity contribution in [1.82, 2.24) is 9.88 Å². The van der Waals surface area contributed by atoms with Crippen LogP contribution in [0.1, 0.15) is 38.8 Å². The Kier molecular flexibility index (Phi) is 5.52. The van der Waals surface area contributed by atoms with Crippen LogP contribution in [-0.2, 0) is 9.59 Å². The molecule has 0 radical (unpaired) electrons. The Balaban J connectivity index is 1.97. The molecule has 0 aliphatic carbocycles. The highest BCUT2D eigenvalue weighted by molar-refractivity contribution is 5.92. The summed E-state index contributed by atoms with van der Waals surface area (Å²) in [4.78, 5) is 30.8. The monoisotopic (exact) mass is 303 g/mol. The van der Waals surface area contributed by atoms with Crippen molar-refractivity contribution in [3.05, 3.63) is 23.9 Å². The van der Waals surface area contributed by atoms with Gasteiger partial charge in [0.15, 0.2) is 0 Å².